The second kappa shape index (κ2) is 5.16. The Labute approximate surface area is 120 Å². The molecule has 21 heavy (non-hydrogen) atoms. The van der Waals surface area contributed by atoms with Crippen LogP contribution in [-0.4, -0.2) is 39.6 Å². The predicted molar refractivity (Wildman–Crippen MR) is 73.4 cm³/mol. The summed E-state index contributed by atoms with van der Waals surface area (Å²) in [6.07, 6.45) is -5.05. The smallest absolute Gasteiger partial charge is 0.358 e. The average molecular weight is 301 g/mol. The van der Waals surface area contributed by atoms with E-state index in [0.717, 1.165) is 0 Å². The molecule has 2 rings (SSSR count). The highest BCUT2D eigenvalue weighted by molar-refractivity contribution is 5.45. The zero-order valence-electron chi connectivity index (χ0n) is 12.4. The van der Waals surface area contributed by atoms with E-state index in [2.05, 4.69) is 15.3 Å². The van der Waals surface area contributed by atoms with Crippen molar-refractivity contribution in [2.24, 2.45) is 0 Å². The first-order valence-corrected chi connectivity index (χ1v) is 6.59. The lowest BCUT2D eigenvalue weighted by molar-refractivity contribution is -0.132. The third-order valence-corrected chi connectivity index (χ3v) is 3.04. The summed E-state index contributed by atoms with van der Waals surface area (Å²) in [4.78, 5) is 1.47. The van der Waals surface area contributed by atoms with E-state index in [1.807, 2.05) is 20.8 Å². The molecular weight excluding hydrogens is 283 g/mol. The lowest BCUT2D eigenvalue weighted by Gasteiger charge is -2.20. The van der Waals surface area contributed by atoms with Crippen molar-refractivity contribution in [2.75, 3.05) is 18.5 Å². The van der Waals surface area contributed by atoms with E-state index >= 15 is 0 Å². The predicted octanol–water partition coefficient (Wildman–Crippen LogP) is 2.81. The lowest BCUT2D eigenvalue weighted by atomic mass is 9.96. The molecule has 2 heterocycles. The highest BCUT2D eigenvalue weighted by Gasteiger charge is 2.27. The zero-order valence-corrected chi connectivity index (χ0v) is 12.4. The standard InChI is InChI=1S/C13H18F3N5/c1-12(2,3)11-18-17-9-5-6-10(19-21(9)11)20(4)8-7-13(14,15)16/h5-6H,7-8H2,1-4H3. The first kappa shape index (κ1) is 15.5. The van der Waals surface area contributed by atoms with Crippen molar-refractivity contribution in [3.8, 4) is 0 Å². The Kier molecular flexibility index (Phi) is 3.81. The van der Waals surface area contributed by atoms with E-state index in [9.17, 15) is 13.2 Å². The van der Waals surface area contributed by atoms with Crippen molar-refractivity contribution < 1.29 is 13.2 Å². The highest BCUT2D eigenvalue weighted by atomic mass is 19.4. The Balaban J connectivity index is 2.29. The van der Waals surface area contributed by atoms with Crippen LogP contribution in [0, 0.1) is 0 Å². The monoisotopic (exact) mass is 301 g/mol. The molecule has 0 saturated heterocycles. The summed E-state index contributed by atoms with van der Waals surface area (Å²) in [5.41, 5.74) is 0.322. The van der Waals surface area contributed by atoms with Gasteiger partial charge in [0.25, 0.3) is 0 Å². The van der Waals surface area contributed by atoms with Crippen LogP contribution in [0.3, 0.4) is 0 Å². The van der Waals surface area contributed by atoms with Crippen LogP contribution >= 0.6 is 0 Å². The van der Waals surface area contributed by atoms with Gasteiger partial charge in [0.05, 0.1) is 6.42 Å². The third-order valence-electron chi connectivity index (χ3n) is 3.04. The number of fused-ring (bicyclic) bond motifs is 1. The summed E-state index contributed by atoms with van der Waals surface area (Å²) in [5, 5.41) is 12.5. The minimum absolute atomic E-state index is 0.144. The van der Waals surface area contributed by atoms with Crippen LogP contribution < -0.4 is 4.90 Å². The summed E-state index contributed by atoms with van der Waals surface area (Å²) in [6, 6.07) is 3.35. The van der Waals surface area contributed by atoms with Crippen LogP contribution in [0.1, 0.15) is 33.0 Å². The Hall–Kier alpha value is -1.86. The van der Waals surface area contributed by atoms with Crippen LogP contribution in [0.5, 0.6) is 0 Å². The van der Waals surface area contributed by atoms with Gasteiger partial charge in [0.1, 0.15) is 5.82 Å². The fraction of sp³-hybridized carbons (Fsp3) is 0.615. The van der Waals surface area contributed by atoms with E-state index in [0.29, 0.717) is 17.3 Å². The molecule has 2 aromatic rings. The van der Waals surface area contributed by atoms with Crippen molar-refractivity contribution >= 4 is 11.5 Å². The van der Waals surface area contributed by atoms with Gasteiger partial charge in [0, 0.05) is 19.0 Å². The van der Waals surface area contributed by atoms with Crippen LogP contribution in [0.4, 0.5) is 19.0 Å². The number of nitrogens with zero attached hydrogens (tertiary/aromatic N) is 5. The van der Waals surface area contributed by atoms with E-state index in [1.54, 1.807) is 23.7 Å². The van der Waals surface area contributed by atoms with Gasteiger partial charge >= 0.3 is 6.18 Å². The number of alkyl halides is 3. The number of anilines is 1. The van der Waals surface area contributed by atoms with Gasteiger partial charge < -0.3 is 4.90 Å². The molecule has 0 saturated carbocycles. The van der Waals surface area contributed by atoms with Gasteiger partial charge in [-0.2, -0.15) is 17.7 Å². The van der Waals surface area contributed by atoms with Crippen molar-refractivity contribution in [3.63, 3.8) is 0 Å². The Morgan fingerprint density at radius 1 is 1.14 bits per heavy atom. The SMILES string of the molecule is CN(CCC(F)(F)F)c1ccc2nnc(C(C)(C)C)n2n1. The van der Waals surface area contributed by atoms with E-state index in [4.69, 9.17) is 0 Å². The second-order valence-corrected chi connectivity index (χ2v) is 6.02. The van der Waals surface area contributed by atoms with Crippen molar-refractivity contribution in [3.05, 3.63) is 18.0 Å². The molecule has 2 aromatic heterocycles. The number of hydrogen-bond donors (Lipinski definition) is 0. The molecule has 0 aliphatic carbocycles. The fourth-order valence-electron chi connectivity index (χ4n) is 1.86. The Bertz CT molecular complexity index is 627. The van der Waals surface area contributed by atoms with Gasteiger partial charge in [-0.3, -0.25) is 0 Å². The van der Waals surface area contributed by atoms with E-state index in [1.165, 1.54) is 4.90 Å². The molecule has 0 amide bonds. The summed E-state index contributed by atoms with van der Waals surface area (Å²) >= 11 is 0. The van der Waals surface area contributed by atoms with Gasteiger partial charge in [-0.05, 0) is 12.1 Å². The topological polar surface area (TPSA) is 46.3 Å². The molecule has 0 atom stereocenters. The molecule has 0 aliphatic heterocycles. The average Bonchev–Trinajstić information content (AvgIpc) is 2.77. The number of aromatic nitrogens is 4. The van der Waals surface area contributed by atoms with Crippen molar-refractivity contribution in [1.82, 2.24) is 19.8 Å². The van der Waals surface area contributed by atoms with Gasteiger partial charge in [0.15, 0.2) is 11.5 Å². The quantitative estimate of drug-likeness (QED) is 0.874. The van der Waals surface area contributed by atoms with Gasteiger partial charge in [-0.25, -0.2) is 0 Å². The molecule has 0 fully saturated rings. The van der Waals surface area contributed by atoms with E-state index < -0.39 is 12.6 Å². The maximum atomic E-state index is 12.3. The zero-order chi connectivity index (χ0) is 15.8. The molecule has 0 aromatic carbocycles. The second-order valence-electron chi connectivity index (χ2n) is 6.02. The largest absolute Gasteiger partial charge is 0.390 e. The molecule has 0 N–H and O–H groups in total. The van der Waals surface area contributed by atoms with Crippen LogP contribution in [-0.2, 0) is 5.41 Å². The molecular formula is C13H18F3N5. The lowest BCUT2D eigenvalue weighted by Crippen LogP contribution is -2.26. The molecule has 116 valence electrons. The van der Waals surface area contributed by atoms with Crippen LogP contribution in [0.2, 0.25) is 0 Å². The highest BCUT2D eigenvalue weighted by Crippen LogP contribution is 2.23. The van der Waals surface area contributed by atoms with Gasteiger partial charge in [-0.15, -0.1) is 15.3 Å². The maximum absolute atomic E-state index is 12.3. The number of rotatable bonds is 3. The Morgan fingerprint density at radius 2 is 1.81 bits per heavy atom. The molecule has 0 aliphatic rings. The van der Waals surface area contributed by atoms with Crippen LogP contribution in [0.25, 0.3) is 5.65 Å². The third kappa shape index (κ3) is 3.62. The number of halogens is 3. The first-order valence-electron chi connectivity index (χ1n) is 6.59. The molecule has 8 heteroatoms. The minimum Gasteiger partial charge on any atom is -0.358 e. The molecule has 0 spiro atoms. The molecule has 0 unspecified atom stereocenters. The number of hydrogen-bond acceptors (Lipinski definition) is 4. The van der Waals surface area contributed by atoms with Crippen LogP contribution in [0.15, 0.2) is 12.1 Å². The Morgan fingerprint density at radius 3 is 2.38 bits per heavy atom. The molecule has 0 bridgehead atoms. The molecule has 0 radical (unpaired) electrons. The molecule has 5 nitrogen and oxygen atoms in total. The maximum Gasteiger partial charge on any atom is 0.390 e. The normalized spacial score (nSPS) is 12.9. The van der Waals surface area contributed by atoms with E-state index in [-0.39, 0.29) is 12.0 Å². The first-order chi connectivity index (χ1) is 9.58. The summed E-state index contributed by atoms with van der Waals surface area (Å²) in [6.45, 7) is 5.79. The van der Waals surface area contributed by atoms with Gasteiger partial charge in [0.2, 0.25) is 0 Å². The van der Waals surface area contributed by atoms with Gasteiger partial charge in [-0.1, -0.05) is 20.8 Å². The van der Waals surface area contributed by atoms with Crippen molar-refractivity contribution in [1.29, 1.82) is 0 Å². The minimum atomic E-state index is -4.18. The summed E-state index contributed by atoms with van der Waals surface area (Å²) < 4.78 is 38.4. The summed E-state index contributed by atoms with van der Waals surface area (Å²) in [7, 11) is 1.58. The van der Waals surface area contributed by atoms with Crippen molar-refractivity contribution in [2.45, 2.75) is 38.8 Å². The summed E-state index contributed by atoms with van der Waals surface area (Å²) in [5.74, 6) is 1.13. The fourth-order valence-corrected chi connectivity index (χ4v) is 1.86.